The second-order valence-corrected chi connectivity index (χ2v) is 3.85. The fourth-order valence-corrected chi connectivity index (χ4v) is 1.61. The van der Waals surface area contributed by atoms with Gasteiger partial charge in [0.15, 0.2) is 0 Å². The van der Waals surface area contributed by atoms with Crippen molar-refractivity contribution in [3.8, 4) is 0 Å². The van der Waals surface area contributed by atoms with E-state index in [0.717, 1.165) is 5.56 Å². The molecule has 0 aromatic heterocycles. The number of rotatable bonds is 1. The average molecular weight is 204 g/mol. The highest BCUT2D eigenvalue weighted by atomic mass is 35.5. The molecule has 1 rings (SSSR count). The van der Waals surface area contributed by atoms with Gasteiger partial charge in [0.05, 0.1) is 10.0 Å². The second kappa shape index (κ2) is 3.55. The first-order valence-corrected chi connectivity index (χ1v) is 4.52. The van der Waals surface area contributed by atoms with Crippen molar-refractivity contribution < 1.29 is 0 Å². The van der Waals surface area contributed by atoms with E-state index in [9.17, 15) is 0 Å². The third-order valence-corrected chi connectivity index (χ3v) is 2.52. The topological polar surface area (TPSA) is 26.0 Å². The monoisotopic (exact) mass is 203 g/mol. The van der Waals surface area contributed by atoms with Gasteiger partial charge >= 0.3 is 0 Å². The van der Waals surface area contributed by atoms with E-state index in [0.29, 0.717) is 21.7 Å². The van der Waals surface area contributed by atoms with Gasteiger partial charge in [0.25, 0.3) is 0 Å². The minimum Gasteiger partial charge on any atom is -0.399 e. The molecule has 2 N–H and O–H groups in total. The Morgan fingerprint density at radius 1 is 1.25 bits per heavy atom. The van der Waals surface area contributed by atoms with Crippen LogP contribution in [-0.4, -0.2) is 0 Å². The summed E-state index contributed by atoms with van der Waals surface area (Å²) in [7, 11) is 0. The van der Waals surface area contributed by atoms with E-state index >= 15 is 0 Å². The summed E-state index contributed by atoms with van der Waals surface area (Å²) in [5.41, 5.74) is 7.28. The van der Waals surface area contributed by atoms with Gasteiger partial charge in [-0.3, -0.25) is 0 Å². The second-order valence-electron chi connectivity index (χ2n) is 3.06. The molecular weight excluding hydrogens is 193 g/mol. The molecule has 0 saturated heterocycles. The van der Waals surface area contributed by atoms with Crippen LogP contribution in [0.5, 0.6) is 0 Å². The molecule has 0 saturated carbocycles. The van der Waals surface area contributed by atoms with Gasteiger partial charge in [-0.05, 0) is 23.6 Å². The highest BCUT2D eigenvalue weighted by Gasteiger charge is 2.08. The maximum absolute atomic E-state index is 5.97. The van der Waals surface area contributed by atoms with E-state index in [1.807, 2.05) is 6.07 Å². The van der Waals surface area contributed by atoms with Crippen molar-refractivity contribution in [3.63, 3.8) is 0 Å². The lowest BCUT2D eigenvalue weighted by atomic mass is 10.0. The molecule has 1 nitrogen and oxygen atoms in total. The molecule has 1 aromatic rings. The van der Waals surface area contributed by atoms with Crippen molar-refractivity contribution >= 4 is 28.9 Å². The fourth-order valence-electron chi connectivity index (χ4n) is 1.05. The van der Waals surface area contributed by atoms with Gasteiger partial charge in [0, 0.05) is 5.69 Å². The molecule has 0 amide bonds. The molecular formula is C9H11Cl2N. The van der Waals surface area contributed by atoms with Crippen molar-refractivity contribution in [2.75, 3.05) is 5.73 Å². The number of benzene rings is 1. The summed E-state index contributed by atoms with van der Waals surface area (Å²) in [6, 6.07) is 3.52. The van der Waals surface area contributed by atoms with Gasteiger partial charge in [-0.1, -0.05) is 37.0 Å². The summed E-state index contributed by atoms with van der Waals surface area (Å²) in [5.74, 6) is 0.346. The largest absolute Gasteiger partial charge is 0.399 e. The lowest BCUT2D eigenvalue weighted by Crippen LogP contribution is -1.93. The summed E-state index contributed by atoms with van der Waals surface area (Å²) < 4.78 is 0. The standard InChI is InChI=1S/C9H11Cl2N/c1-5(2)7-3-6(12)4-8(10)9(7)11/h3-5H,12H2,1-2H3. The van der Waals surface area contributed by atoms with Crippen molar-refractivity contribution in [1.29, 1.82) is 0 Å². The summed E-state index contributed by atoms with van der Waals surface area (Å²) in [6.45, 7) is 4.11. The molecule has 0 unspecified atom stereocenters. The quantitative estimate of drug-likeness (QED) is 0.693. The molecule has 0 heterocycles. The van der Waals surface area contributed by atoms with Crippen LogP contribution in [0, 0.1) is 0 Å². The molecule has 0 spiro atoms. The summed E-state index contributed by atoms with van der Waals surface area (Å²) in [5, 5.41) is 1.14. The molecule has 0 fully saturated rings. The molecule has 0 aliphatic carbocycles. The Balaban J connectivity index is 3.28. The molecule has 0 radical (unpaired) electrons. The molecule has 0 aliphatic rings. The third-order valence-electron chi connectivity index (χ3n) is 1.70. The molecule has 1 aromatic carbocycles. The molecule has 0 bridgehead atoms. The first-order chi connectivity index (χ1) is 5.52. The highest BCUT2D eigenvalue weighted by molar-refractivity contribution is 6.42. The average Bonchev–Trinajstić information content (AvgIpc) is 1.96. The Bertz CT molecular complexity index is 295. The smallest absolute Gasteiger partial charge is 0.0628 e. The first-order valence-electron chi connectivity index (χ1n) is 3.76. The van der Waals surface area contributed by atoms with Crippen molar-refractivity contribution in [2.45, 2.75) is 19.8 Å². The van der Waals surface area contributed by atoms with Gasteiger partial charge in [-0.15, -0.1) is 0 Å². The fraction of sp³-hybridized carbons (Fsp3) is 0.333. The third kappa shape index (κ3) is 1.85. The zero-order valence-electron chi connectivity index (χ0n) is 7.07. The lowest BCUT2D eigenvalue weighted by molar-refractivity contribution is 0.867. The zero-order chi connectivity index (χ0) is 9.30. The van der Waals surface area contributed by atoms with Gasteiger partial charge in [0.2, 0.25) is 0 Å². The van der Waals surface area contributed by atoms with Crippen LogP contribution in [0.2, 0.25) is 10.0 Å². The minimum absolute atomic E-state index is 0.346. The first kappa shape index (κ1) is 9.69. The maximum atomic E-state index is 5.97. The number of nitrogen functional groups attached to an aromatic ring is 1. The SMILES string of the molecule is CC(C)c1cc(N)cc(Cl)c1Cl. The van der Waals surface area contributed by atoms with Crippen LogP contribution in [-0.2, 0) is 0 Å². The minimum atomic E-state index is 0.346. The number of hydrogen-bond acceptors (Lipinski definition) is 1. The Morgan fingerprint density at radius 3 is 2.33 bits per heavy atom. The number of hydrogen-bond donors (Lipinski definition) is 1. The summed E-state index contributed by atoms with van der Waals surface area (Å²) >= 11 is 11.8. The van der Waals surface area contributed by atoms with Crippen LogP contribution in [0.1, 0.15) is 25.3 Å². The lowest BCUT2D eigenvalue weighted by Gasteiger charge is -2.10. The predicted molar refractivity (Wildman–Crippen MR) is 55.0 cm³/mol. The van der Waals surface area contributed by atoms with Crippen molar-refractivity contribution in [1.82, 2.24) is 0 Å². The van der Waals surface area contributed by atoms with E-state index in [2.05, 4.69) is 13.8 Å². The van der Waals surface area contributed by atoms with Crippen LogP contribution in [0.3, 0.4) is 0 Å². The van der Waals surface area contributed by atoms with Crippen molar-refractivity contribution in [2.24, 2.45) is 0 Å². The normalized spacial score (nSPS) is 10.8. The molecule has 0 aliphatic heterocycles. The van der Waals surface area contributed by atoms with E-state index in [-0.39, 0.29) is 0 Å². The number of halogens is 2. The van der Waals surface area contributed by atoms with E-state index in [1.165, 1.54) is 0 Å². The van der Waals surface area contributed by atoms with Gasteiger partial charge < -0.3 is 5.73 Å². The molecule has 0 atom stereocenters. The predicted octanol–water partition coefficient (Wildman–Crippen LogP) is 3.70. The Morgan fingerprint density at radius 2 is 1.83 bits per heavy atom. The number of nitrogens with two attached hydrogens (primary N) is 1. The highest BCUT2D eigenvalue weighted by Crippen LogP contribution is 2.32. The Labute approximate surface area is 82.5 Å². The van der Waals surface area contributed by atoms with Crippen LogP contribution in [0.4, 0.5) is 5.69 Å². The summed E-state index contributed by atoms with van der Waals surface area (Å²) in [4.78, 5) is 0. The van der Waals surface area contributed by atoms with E-state index < -0.39 is 0 Å². The Hall–Kier alpha value is -0.400. The molecule has 12 heavy (non-hydrogen) atoms. The van der Waals surface area contributed by atoms with Crippen molar-refractivity contribution in [3.05, 3.63) is 27.7 Å². The Kier molecular flexibility index (Phi) is 2.86. The molecule has 3 heteroatoms. The van der Waals surface area contributed by atoms with Gasteiger partial charge in [-0.25, -0.2) is 0 Å². The number of anilines is 1. The van der Waals surface area contributed by atoms with E-state index in [4.69, 9.17) is 28.9 Å². The summed E-state index contributed by atoms with van der Waals surface area (Å²) in [6.07, 6.45) is 0. The van der Waals surface area contributed by atoms with Crippen LogP contribution in [0.15, 0.2) is 12.1 Å². The van der Waals surface area contributed by atoms with Crippen LogP contribution in [0.25, 0.3) is 0 Å². The van der Waals surface area contributed by atoms with Crippen LogP contribution >= 0.6 is 23.2 Å². The van der Waals surface area contributed by atoms with Gasteiger partial charge in [-0.2, -0.15) is 0 Å². The van der Waals surface area contributed by atoms with Gasteiger partial charge in [0.1, 0.15) is 0 Å². The maximum Gasteiger partial charge on any atom is 0.0628 e. The van der Waals surface area contributed by atoms with E-state index in [1.54, 1.807) is 6.07 Å². The molecule has 66 valence electrons. The zero-order valence-corrected chi connectivity index (χ0v) is 8.58. The van der Waals surface area contributed by atoms with Crippen LogP contribution < -0.4 is 5.73 Å².